The summed E-state index contributed by atoms with van der Waals surface area (Å²) < 4.78 is 11.3. The number of ether oxygens (including phenoxy) is 1. The van der Waals surface area contributed by atoms with Gasteiger partial charge in [0.1, 0.15) is 11.8 Å². The molecular formula is C27H23N3O3. The lowest BCUT2D eigenvalue weighted by atomic mass is 9.86. The van der Waals surface area contributed by atoms with E-state index in [0.717, 1.165) is 54.7 Å². The van der Waals surface area contributed by atoms with Crippen molar-refractivity contribution < 1.29 is 14.6 Å². The number of nitrogens with one attached hydrogen (secondary N) is 1. The molecule has 6 nitrogen and oxygen atoms in total. The third-order valence-electron chi connectivity index (χ3n) is 8.56. The monoisotopic (exact) mass is 437 g/mol. The van der Waals surface area contributed by atoms with E-state index < -0.39 is 11.3 Å². The SMILES string of the molecule is CC[C@]1(O)C[C@H]2O[C@]1(C)n1c3ccccc3c3c4c(c5c6ccccc6n2c5c31)C(=O)NC4. The Hall–Kier alpha value is -3.35. The highest BCUT2D eigenvalue weighted by Crippen LogP contribution is 2.58. The Balaban J connectivity index is 1.78. The molecule has 2 N–H and O–H groups in total. The van der Waals surface area contributed by atoms with Gasteiger partial charge in [-0.25, -0.2) is 0 Å². The number of aromatic nitrogens is 2. The van der Waals surface area contributed by atoms with Gasteiger partial charge in [-0.1, -0.05) is 43.3 Å². The number of hydrogen-bond donors (Lipinski definition) is 2. The second kappa shape index (κ2) is 5.41. The Morgan fingerprint density at radius 3 is 2.52 bits per heavy atom. The van der Waals surface area contributed by atoms with Crippen LogP contribution in [0.5, 0.6) is 0 Å². The molecule has 0 saturated carbocycles. The van der Waals surface area contributed by atoms with Gasteiger partial charge in [0.2, 0.25) is 0 Å². The van der Waals surface area contributed by atoms with Crippen molar-refractivity contribution in [2.45, 2.75) is 50.8 Å². The minimum Gasteiger partial charge on any atom is -0.385 e. The normalized spacial score (nSPS) is 27.8. The molecule has 0 radical (unpaired) electrons. The number of amides is 1. The molecule has 3 aliphatic heterocycles. The number of carbonyl (C=O) groups is 1. The van der Waals surface area contributed by atoms with E-state index >= 15 is 0 Å². The van der Waals surface area contributed by atoms with Gasteiger partial charge in [0, 0.05) is 34.5 Å². The summed E-state index contributed by atoms with van der Waals surface area (Å²) in [5.74, 6) is -0.0155. The van der Waals surface area contributed by atoms with Crippen LogP contribution < -0.4 is 5.32 Å². The number of rotatable bonds is 1. The topological polar surface area (TPSA) is 68.4 Å². The molecule has 1 saturated heterocycles. The van der Waals surface area contributed by atoms with Gasteiger partial charge in [0.15, 0.2) is 5.72 Å². The summed E-state index contributed by atoms with van der Waals surface area (Å²) in [5.41, 5.74) is 3.99. The van der Waals surface area contributed by atoms with Crippen molar-refractivity contribution in [3.63, 3.8) is 0 Å². The highest BCUT2D eigenvalue weighted by molar-refractivity contribution is 6.31. The maximum absolute atomic E-state index is 13.2. The van der Waals surface area contributed by atoms with Gasteiger partial charge < -0.3 is 24.3 Å². The number of nitrogens with zero attached hydrogens (tertiary/aromatic N) is 2. The maximum Gasteiger partial charge on any atom is 0.252 e. The first-order valence-electron chi connectivity index (χ1n) is 11.7. The van der Waals surface area contributed by atoms with E-state index in [9.17, 15) is 9.90 Å². The second-order valence-corrected chi connectivity index (χ2v) is 9.87. The Labute approximate surface area is 189 Å². The first-order chi connectivity index (χ1) is 16.0. The minimum absolute atomic E-state index is 0.0155. The molecule has 5 aromatic rings. The van der Waals surface area contributed by atoms with Crippen LogP contribution in [-0.2, 0) is 17.0 Å². The van der Waals surface area contributed by atoms with Crippen LogP contribution >= 0.6 is 0 Å². The van der Waals surface area contributed by atoms with Crippen LogP contribution in [0.4, 0.5) is 0 Å². The van der Waals surface area contributed by atoms with E-state index in [1.807, 2.05) is 38.1 Å². The second-order valence-electron chi connectivity index (χ2n) is 9.87. The predicted molar refractivity (Wildman–Crippen MR) is 127 cm³/mol. The average molecular weight is 437 g/mol. The van der Waals surface area contributed by atoms with E-state index in [4.69, 9.17) is 4.74 Å². The van der Waals surface area contributed by atoms with Crippen LogP contribution in [0.2, 0.25) is 0 Å². The fourth-order valence-corrected chi connectivity index (χ4v) is 6.99. The van der Waals surface area contributed by atoms with E-state index in [0.29, 0.717) is 19.4 Å². The molecule has 8 rings (SSSR count). The Kier molecular flexibility index (Phi) is 2.97. The molecule has 0 unspecified atom stereocenters. The van der Waals surface area contributed by atoms with Crippen LogP contribution in [0.15, 0.2) is 48.5 Å². The van der Waals surface area contributed by atoms with Crippen LogP contribution in [-0.4, -0.2) is 25.7 Å². The Morgan fingerprint density at radius 2 is 1.76 bits per heavy atom. The zero-order chi connectivity index (χ0) is 22.3. The number of benzene rings is 3. The Bertz CT molecular complexity index is 1730. The van der Waals surface area contributed by atoms with Gasteiger partial charge in [-0.3, -0.25) is 4.79 Å². The molecule has 6 heteroatoms. The summed E-state index contributed by atoms with van der Waals surface area (Å²) in [7, 11) is 0. The van der Waals surface area contributed by atoms with E-state index in [1.54, 1.807) is 0 Å². The quantitative estimate of drug-likeness (QED) is 0.392. The molecular weight excluding hydrogens is 414 g/mol. The first kappa shape index (κ1) is 18.1. The van der Waals surface area contributed by atoms with E-state index in [2.05, 4.69) is 38.7 Å². The first-order valence-corrected chi connectivity index (χ1v) is 11.7. The molecule has 1 amide bonds. The van der Waals surface area contributed by atoms with Crippen LogP contribution in [0.3, 0.4) is 0 Å². The number of carbonyl (C=O) groups excluding carboxylic acids is 1. The molecule has 2 bridgehead atoms. The number of aliphatic hydroxyl groups is 1. The molecule has 33 heavy (non-hydrogen) atoms. The number of hydrogen-bond acceptors (Lipinski definition) is 3. The molecule has 0 spiro atoms. The number of fused-ring (bicyclic) bond motifs is 13. The predicted octanol–water partition coefficient (Wildman–Crippen LogP) is 4.89. The van der Waals surface area contributed by atoms with Crippen LogP contribution in [0.1, 0.15) is 48.8 Å². The molecule has 1 fully saturated rings. The fourth-order valence-electron chi connectivity index (χ4n) is 6.99. The van der Waals surface area contributed by atoms with Crippen molar-refractivity contribution in [3.8, 4) is 0 Å². The van der Waals surface area contributed by atoms with E-state index in [-0.39, 0.29) is 12.1 Å². The van der Waals surface area contributed by atoms with Crippen molar-refractivity contribution in [1.82, 2.24) is 14.5 Å². The summed E-state index contributed by atoms with van der Waals surface area (Å²) in [4.78, 5) is 13.2. The third kappa shape index (κ3) is 1.76. The van der Waals surface area contributed by atoms with Gasteiger partial charge >= 0.3 is 0 Å². The van der Waals surface area contributed by atoms with Gasteiger partial charge in [-0.15, -0.1) is 0 Å². The lowest BCUT2D eigenvalue weighted by Gasteiger charge is -2.39. The zero-order valence-corrected chi connectivity index (χ0v) is 18.5. The molecule has 3 atom stereocenters. The summed E-state index contributed by atoms with van der Waals surface area (Å²) in [6, 6.07) is 16.6. The number of para-hydroxylation sites is 2. The minimum atomic E-state index is -1.03. The lowest BCUT2D eigenvalue weighted by molar-refractivity contribution is -0.178. The molecule has 0 aliphatic carbocycles. The molecule has 164 valence electrons. The van der Waals surface area contributed by atoms with Gasteiger partial charge in [-0.05, 0) is 31.0 Å². The van der Waals surface area contributed by atoms with Crippen molar-refractivity contribution in [1.29, 1.82) is 0 Å². The van der Waals surface area contributed by atoms with Gasteiger partial charge in [-0.2, -0.15) is 0 Å². The maximum atomic E-state index is 13.2. The molecule has 3 aromatic carbocycles. The third-order valence-corrected chi connectivity index (χ3v) is 8.56. The molecule has 2 aromatic heterocycles. The van der Waals surface area contributed by atoms with Crippen molar-refractivity contribution in [2.24, 2.45) is 0 Å². The van der Waals surface area contributed by atoms with Crippen molar-refractivity contribution >= 4 is 49.5 Å². The largest absolute Gasteiger partial charge is 0.385 e. The van der Waals surface area contributed by atoms with E-state index in [1.165, 1.54) is 0 Å². The fraction of sp³-hybridized carbons (Fsp3) is 0.296. The molecule has 3 aliphatic rings. The average Bonchev–Trinajstić information content (AvgIpc) is 3.51. The summed E-state index contributed by atoms with van der Waals surface area (Å²) in [5, 5.41) is 19.3. The zero-order valence-electron chi connectivity index (χ0n) is 18.5. The smallest absolute Gasteiger partial charge is 0.252 e. The standard InChI is InChI=1S/C27H23N3O3/c1-3-27(32)12-19-29-17-10-6-4-8-14(17)21-22-16(13-28-25(22)31)20-15-9-5-7-11-18(15)30(24(20)23(21)29)26(27,2)33-19/h4-11,19,32H,3,12-13H2,1-2H3,(H,28,31)/t19-,26+,27+/m1/s1. The van der Waals surface area contributed by atoms with Gasteiger partial charge in [0.25, 0.3) is 5.91 Å². The summed E-state index contributed by atoms with van der Waals surface area (Å²) in [6.45, 7) is 4.57. The highest BCUT2D eigenvalue weighted by Gasteiger charge is 2.59. The van der Waals surface area contributed by atoms with Crippen molar-refractivity contribution in [2.75, 3.05) is 0 Å². The van der Waals surface area contributed by atoms with Crippen molar-refractivity contribution in [3.05, 3.63) is 59.7 Å². The van der Waals surface area contributed by atoms with Crippen LogP contribution in [0.25, 0.3) is 43.6 Å². The Morgan fingerprint density at radius 1 is 1.06 bits per heavy atom. The van der Waals surface area contributed by atoms with Gasteiger partial charge in [0.05, 0.1) is 27.6 Å². The van der Waals surface area contributed by atoms with Crippen LogP contribution in [0, 0.1) is 0 Å². The highest BCUT2D eigenvalue weighted by atomic mass is 16.6. The lowest BCUT2D eigenvalue weighted by Crippen LogP contribution is -2.50. The molecule has 5 heterocycles. The summed E-state index contributed by atoms with van der Waals surface area (Å²) >= 11 is 0. The summed E-state index contributed by atoms with van der Waals surface area (Å²) in [6.07, 6.45) is 0.743.